The smallest absolute Gasteiger partial charge is 0.264 e. The van der Waals surface area contributed by atoms with Crippen LogP contribution in [0.1, 0.15) is 12.2 Å². The zero-order valence-corrected chi connectivity index (χ0v) is 19.5. The first-order valence-corrected chi connectivity index (χ1v) is 11.4. The molecule has 0 aliphatic heterocycles. The van der Waals surface area contributed by atoms with Crippen molar-refractivity contribution in [2.24, 2.45) is 0 Å². The third-order valence-electron chi connectivity index (χ3n) is 5.74. The lowest BCUT2D eigenvalue weighted by atomic mass is 10.2. The summed E-state index contributed by atoms with van der Waals surface area (Å²) in [6.07, 6.45) is 1.54. The Labute approximate surface area is 206 Å². The van der Waals surface area contributed by atoms with Crippen LogP contribution < -0.4 is 16.2 Å². The summed E-state index contributed by atoms with van der Waals surface area (Å²) in [6, 6.07) is 23.0. The van der Waals surface area contributed by atoms with Crippen LogP contribution in [0.5, 0.6) is 0 Å². The topological polar surface area (TPSA) is 93.8 Å². The lowest BCUT2D eigenvalue weighted by Crippen LogP contribution is -2.26. The van der Waals surface area contributed by atoms with Gasteiger partial charge in [-0.15, -0.1) is 0 Å². The number of carbonyl (C=O) groups is 1. The fraction of sp³-hybridized carbons (Fsp3) is 0.111. The number of carbonyl (C=O) groups excluding carboxylic acids is 1. The van der Waals surface area contributed by atoms with Crippen molar-refractivity contribution < 1.29 is 9.18 Å². The summed E-state index contributed by atoms with van der Waals surface area (Å²) in [5, 5.41) is 10.7. The van der Waals surface area contributed by atoms with E-state index in [1.807, 2.05) is 54.6 Å². The van der Waals surface area contributed by atoms with Crippen molar-refractivity contribution in [3.8, 4) is 5.69 Å². The van der Waals surface area contributed by atoms with E-state index in [1.165, 1.54) is 27.6 Å². The third-order valence-corrected chi connectivity index (χ3v) is 5.74. The van der Waals surface area contributed by atoms with Crippen LogP contribution in [-0.2, 0) is 11.3 Å². The van der Waals surface area contributed by atoms with Crippen LogP contribution >= 0.6 is 0 Å². The van der Waals surface area contributed by atoms with E-state index >= 15 is 0 Å². The molecule has 2 N–H and O–H groups in total. The molecule has 2 heterocycles. The number of hydrogen-bond acceptors (Lipinski definition) is 5. The highest BCUT2D eigenvalue weighted by atomic mass is 19.1. The van der Waals surface area contributed by atoms with E-state index in [0.717, 1.165) is 11.4 Å². The predicted molar refractivity (Wildman–Crippen MR) is 137 cm³/mol. The van der Waals surface area contributed by atoms with Gasteiger partial charge in [-0.25, -0.2) is 14.1 Å². The zero-order chi connectivity index (χ0) is 25.1. The molecule has 180 valence electrons. The second-order valence-corrected chi connectivity index (χ2v) is 8.25. The molecule has 5 rings (SSSR count). The molecule has 0 radical (unpaired) electrons. The maximum Gasteiger partial charge on any atom is 0.264 e. The van der Waals surface area contributed by atoms with Crippen LogP contribution in [0.3, 0.4) is 0 Å². The van der Waals surface area contributed by atoms with Crippen molar-refractivity contribution >= 4 is 34.0 Å². The highest BCUT2D eigenvalue weighted by Crippen LogP contribution is 2.19. The maximum absolute atomic E-state index is 13.3. The maximum atomic E-state index is 13.3. The van der Waals surface area contributed by atoms with E-state index < -0.39 is 0 Å². The molecule has 0 saturated carbocycles. The van der Waals surface area contributed by atoms with Gasteiger partial charge in [-0.3, -0.25) is 14.2 Å². The van der Waals surface area contributed by atoms with Crippen molar-refractivity contribution in [3.05, 3.63) is 107 Å². The molecule has 0 aliphatic rings. The number of rotatable bonds is 7. The fourth-order valence-electron chi connectivity index (χ4n) is 3.90. The number of amides is 1. The molecular formula is C27H23FN6O2. The Morgan fingerprint density at radius 3 is 2.31 bits per heavy atom. The van der Waals surface area contributed by atoms with E-state index in [-0.39, 0.29) is 30.2 Å². The highest BCUT2D eigenvalue weighted by molar-refractivity contribution is 5.91. The van der Waals surface area contributed by atoms with Crippen molar-refractivity contribution in [2.45, 2.75) is 19.9 Å². The molecule has 0 unspecified atom stereocenters. The lowest BCUT2D eigenvalue weighted by Gasteiger charge is -2.11. The fourth-order valence-corrected chi connectivity index (χ4v) is 3.90. The van der Waals surface area contributed by atoms with Gasteiger partial charge in [0.2, 0.25) is 5.91 Å². The predicted octanol–water partition coefficient (Wildman–Crippen LogP) is 4.80. The van der Waals surface area contributed by atoms with E-state index in [0.29, 0.717) is 28.2 Å². The molecule has 5 aromatic rings. The molecule has 0 aliphatic carbocycles. The van der Waals surface area contributed by atoms with Crippen molar-refractivity contribution in [1.29, 1.82) is 0 Å². The summed E-state index contributed by atoms with van der Waals surface area (Å²) in [5.74, 6) is -0.118. The van der Waals surface area contributed by atoms with E-state index in [9.17, 15) is 14.0 Å². The van der Waals surface area contributed by atoms with Crippen LogP contribution in [0.2, 0.25) is 0 Å². The van der Waals surface area contributed by atoms with Crippen molar-refractivity contribution in [3.63, 3.8) is 0 Å². The largest absolute Gasteiger partial charge is 0.356 e. The third kappa shape index (κ3) is 4.85. The Bertz CT molecular complexity index is 1580. The summed E-state index contributed by atoms with van der Waals surface area (Å²) < 4.78 is 16.2. The second kappa shape index (κ2) is 9.83. The van der Waals surface area contributed by atoms with Crippen LogP contribution in [-0.4, -0.2) is 25.2 Å². The van der Waals surface area contributed by atoms with E-state index in [1.54, 1.807) is 19.1 Å². The van der Waals surface area contributed by atoms with Gasteiger partial charge in [0.25, 0.3) is 5.56 Å². The first-order chi connectivity index (χ1) is 17.5. The number of fused-ring (bicyclic) bond motifs is 1. The normalized spacial score (nSPS) is 10.9. The Morgan fingerprint density at radius 2 is 1.58 bits per heavy atom. The molecular weight excluding hydrogens is 459 g/mol. The van der Waals surface area contributed by atoms with Gasteiger partial charge >= 0.3 is 0 Å². The minimum Gasteiger partial charge on any atom is -0.356 e. The molecule has 0 saturated heterocycles. The lowest BCUT2D eigenvalue weighted by molar-refractivity contribution is -0.116. The SMILES string of the molecule is Cc1nc2c(cnn2-c2ccc(F)cc2)c(=O)n1CCC(=O)Nc1ccc(Nc2ccccc2)cc1. The molecule has 1 amide bonds. The number of anilines is 3. The summed E-state index contributed by atoms with van der Waals surface area (Å²) in [7, 11) is 0. The summed E-state index contributed by atoms with van der Waals surface area (Å²) in [6.45, 7) is 1.88. The van der Waals surface area contributed by atoms with E-state index in [4.69, 9.17) is 0 Å². The van der Waals surface area contributed by atoms with Gasteiger partial charge in [0.15, 0.2) is 5.65 Å². The summed E-state index contributed by atoms with van der Waals surface area (Å²) >= 11 is 0. The monoisotopic (exact) mass is 482 g/mol. The minimum atomic E-state index is -0.361. The molecule has 8 nitrogen and oxygen atoms in total. The molecule has 3 aromatic carbocycles. The minimum absolute atomic E-state index is 0.101. The molecule has 9 heteroatoms. The Kier molecular flexibility index (Phi) is 6.27. The average Bonchev–Trinajstić information content (AvgIpc) is 3.30. The first kappa shape index (κ1) is 23.0. The van der Waals surface area contributed by atoms with Gasteiger partial charge in [0, 0.05) is 30.0 Å². The van der Waals surface area contributed by atoms with Gasteiger partial charge in [-0.05, 0) is 67.6 Å². The van der Waals surface area contributed by atoms with Crippen LogP contribution in [0.25, 0.3) is 16.7 Å². The molecule has 2 aromatic heterocycles. The molecule has 0 atom stereocenters. The average molecular weight is 483 g/mol. The number of hydrogen-bond donors (Lipinski definition) is 2. The number of halogens is 1. The van der Waals surface area contributed by atoms with Gasteiger partial charge in [0.05, 0.1) is 11.9 Å². The van der Waals surface area contributed by atoms with Crippen LogP contribution in [0, 0.1) is 12.7 Å². The van der Waals surface area contributed by atoms with Crippen LogP contribution in [0.15, 0.2) is 89.9 Å². The molecule has 0 spiro atoms. The van der Waals surface area contributed by atoms with Gasteiger partial charge in [-0.2, -0.15) is 5.10 Å². The summed E-state index contributed by atoms with van der Waals surface area (Å²) in [5.41, 5.74) is 3.24. The van der Waals surface area contributed by atoms with Gasteiger partial charge in [-0.1, -0.05) is 18.2 Å². The van der Waals surface area contributed by atoms with Gasteiger partial charge < -0.3 is 10.6 Å². The Balaban J connectivity index is 1.26. The van der Waals surface area contributed by atoms with Crippen molar-refractivity contribution in [1.82, 2.24) is 19.3 Å². The molecule has 36 heavy (non-hydrogen) atoms. The number of benzene rings is 3. The van der Waals surface area contributed by atoms with Crippen LogP contribution in [0.4, 0.5) is 21.5 Å². The summed E-state index contributed by atoms with van der Waals surface area (Å²) in [4.78, 5) is 30.2. The second-order valence-electron chi connectivity index (χ2n) is 8.25. The Hall–Kier alpha value is -4.79. The number of aryl methyl sites for hydroxylation is 1. The number of para-hydroxylation sites is 1. The molecule has 0 bridgehead atoms. The first-order valence-electron chi connectivity index (χ1n) is 11.4. The van der Waals surface area contributed by atoms with E-state index in [2.05, 4.69) is 20.7 Å². The Morgan fingerprint density at radius 1 is 0.917 bits per heavy atom. The quantitative estimate of drug-likeness (QED) is 0.348. The standard InChI is InChI=1S/C27H23FN6O2/c1-18-30-26-24(17-29-34(26)23-13-7-19(28)8-14-23)27(36)33(18)16-15-25(35)32-22-11-9-21(10-12-22)31-20-5-3-2-4-6-20/h2-14,17,31H,15-16H2,1H3,(H,32,35). The highest BCUT2D eigenvalue weighted by Gasteiger charge is 2.15. The number of nitrogens with zero attached hydrogens (tertiary/aromatic N) is 4. The van der Waals surface area contributed by atoms with Gasteiger partial charge in [0.1, 0.15) is 17.0 Å². The zero-order valence-electron chi connectivity index (χ0n) is 19.5. The number of aromatic nitrogens is 4. The molecule has 0 fully saturated rings. The number of nitrogens with one attached hydrogen (secondary N) is 2. The van der Waals surface area contributed by atoms with Crippen molar-refractivity contribution in [2.75, 3.05) is 10.6 Å².